The monoisotopic (exact) mass is 258 g/mol. The van der Waals surface area contributed by atoms with Gasteiger partial charge in [0.15, 0.2) is 0 Å². The molecule has 0 aromatic heterocycles. The average Bonchev–Trinajstić information content (AvgIpc) is 3.19. The number of carbonyl (C=O) groups excluding carboxylic acids is 1. The van der Waals surface area contributed by atoms with E-state index in [0.717, 1.165) is 11.1 Å². The molecule has 1 aromatic carbocycles. The Kier molecular flexibility index (Phi) is 4.93. The number of benzene rings is 1. The van der Waals surface area contributed by atoms with Crippen LogP contribution in [-0.4, -0.2) is 25.8 Å². The summed E-state index contributed by atoms with van der Waals surface area (Å²) in [6.07, 6.45) is 5.88. The lowest BCUT2D eigenvalue weighted by Crippen LogP contribution is -2.09. The third kappa shape index (κ3) is 4.38. The summed E-state index contributed by atoms with van der Waals surface area (Å²) in [6.45, 7) is 3.28. The van der Waals surface area contributed by atoms with Crippen LogP contribution in [0.2, 0.25) is 0 Å². The van der Waals surface area contributed by atoms with Gasteiger partial charge in [0, 0.05) is 0 Å². The summed E-state index contributed by atoms with van der Waals surface area (Å²) in [5.41, 5.74) is 2.17. The van der Waals surface area contributed by atoms with Crippen molar-refractivity contribution in [1.29, 1.82) is 0 Å². The molecule has 0 N–H and O–H groups in total. The molecule has 100 valence electrons. The molecule has 1 aliphatic carbocycles. The molecule has 1 aromatic rings. The molecule has 0 saturated heterocycles. The molecule has 3 nitrogen and oxygen atoms in total. The highest BCUT2D eigenvalue weighted by Crippen LogP contribution is 2.30. The Bertz CT molecular complexity index is 474. The molecule has 0 saturated carbocycles. The normalized spacial score (nSPS) is 17.3. The van der Waals surface area contributed by atoms with Crippen molar-refractivity contribution >= 4 is 12.0 Å². The predicted molar refractivity (Wildman–Crippen MR) is 74.5 cm³/mol. The van der Waals surface area contributed by atoms with Crippen molar-refractivity contribution in [2.45, 2.75) is 6.92 Å². The molecule has 19 heavy (non-hydrogen) atoms. The number of ether oxygens (including phenoxy) is 2. The molecule has 2 rings (SSSR count). The SMILES string of the molecule is CCOC(=O)[C@H]1C=C1COC/C=C/c1ccccc1. The molecular weight excluding hydrogens is 240 g/mol. The van der Waals surface area contributed by atoms with E-state index in [1.54, 1.807) is 0 Å². The molecule has 0 radical (unpaired) electrons. The quantitative estimate of drug-likeness (QED) is 0.428. The van der Waals surface area contributed by atoms with Gasteiger partial charge in [0.1, 0.15) is 0 Å². The number of carbonyl (C=O) groups is 1. The standard InChI is InChI=1S/C16H18O3/c1-2-19-16(17)15-11-14(15)12-18-10-6-9-13-7-4-3-5-8-13/h3-9,11,15H,2,10,12H2,1H3/b9-6+/t15-/m0/s1. The van der Waals surface area contributed by atoms with Crippen LogP contribution < -0.4 is 0 Å². The number of esters is 1. The molecule has 1 aliphatic rings. The molecule has 0 aliphatic heterocycles. The smallest absolute Gasteiger partial charge is 0.317 e. The number of hydrogen-bond acceptors (Lipinski definition) is 3. The number of hydrogen-bond donors (Lipinski definition) is 0. The lowest BCUT2D eigenvalue weighted by molar-refractivity contribution is -0.144. The predicted octanol–water partition coefficient (Wildman–Crippen LogP) is 2.84. The zero-order valence-corrected chi connectivity index (χ0v) is 11.0. The summed E-state index contributed by atoms with van der Waals surface area (Å²) in [5.74, 6) is -0.306. The molecule has 0 heterocycles. The summed E-state index contributed by atoms with van der Waals surface area (Å²) >= 11 is 0. The van der Waals surface area contributed by atoms with E-state index in [2.05, 4.69) is 0 Å². The van der Waals surface area contributed by atoms with E-state index < -0.39 is 0 Å². The molecule has 0 bridgehead atoms. The second-order valence-corrected chi connectivity index (χ2v) is 4.30. The molecule has 1 atom stereocenters. The van der Waals surface area contributed by atoms with E-state index in [9.17, 15) is 4.79 Å². The Hall–Kier alpha value is -1.87. The van der Waals surface area contributed by atoms with Gasteiger partial charge < -0.3 is 9.47 Å². The van der Waals surface area contributed by atoms with Gasteiger partial charge in [-0.15, -0.1) is 0 Å². The Labute approximate surface area is 113 Å². The molecule has 0 unspecified atom stereocenters. The fourth-order valence-electron chi connectivity index (χ4n) is 1.75. The summed E-state index contributed by atoms with van der Waals surface area (Å²) in [6, 6.07) is 10.1. The fourth-order valence-corrected chi connectivity index (χ4v) is 1.75. The first-order valence-corrected chi connectivity index (χ1v) is 6.48. The van der Waals surface area contributed by atoms with Crippen molar-refractivity contribution in [3.05, 3.63) is 53.6 Å². The first-order valence-electron chi connectivity index (χ1n) is 6.48. The van der Waals surface area contributed by atoms with E-state index in [1.807, 2.05) is 55.5 Å². The molecule has 0 fully saturated rings. The fraction of sp³-hybridized carbons (Fsp3) is 0.312. The van der Waals surface area contributed by atoms with Gasteiger partial charge in [-0.25, -0.2) is 0 Å². The zero-order valence-electron chi connectivity index (χ0n) is 11.0. The first kappa shape index (κ1) is 13.6. The topological polar surface area (TPSA) is 35.5 Å². The molecule has 0 spiro atoms. The Morgan fingerprint density at radius 1 is 1.32 bits per heavy atom. The van der Waals surface area contributed by atoms with E-state index in [-0.39, 0.29) is 11.9 Å². The lowest BCUT2D eigenvalue weighted by atomic mass is 10.2. The number of rotatable bonds is 7. The average molecular weight is 258 g/mol. The highest BCUT2D eigenvalue weighted by Gasteiger charge is 2.32. The minimum Gasteiger partial charge on any atom is -0.465 e. The van der Waals surface area contributed by atoms with Crippen LogP contribution in [0.15, 0.2) is 48.1 Å². The van der Waals surface area contributed by atoms with Gasteiger partial charge in [0.25, 0.3) is 0 Å². The summed E-state index contributed by atoms with van der Waals surface area (Å²) < 4.78 is 10.4. The highest BCUT2D eigenvalue weighted by atomic mass is 16.5. The first-order chi connectivity index (χ1) is 9.31. The highest BCUT2D eigenvalue weighted by molar-refractivity contribution is 5.83. The van der Waals surface area contributed by atoms with Crippen molar-refractivity contribution in [2.75, 3.05) is 19.8 Å². The maximum Gasteiger partial charge on any atom is 0.317 e. The summed E-state index contributed by atoms with van der Waals surface area (Å²) in [7, 11) is 0. The Morgan fingerprint density at radius 3 is 2.84 bits per heavy atom. The Morgan fingerprint density at radius 2 is 2.11 bits per heavy atom. The van der Waals surface area contributed by atoms with E-state index >= 15 is 0 Å². The van der Waals surface area contributed by atoms with Crippen LogP contribution in [0.25, 0.3) is 6.08 Å². The van der Waals surface area contributed by atoms with Gasteiger partial charge in [-0.3, -0.25) is 4.79 Å². The third-order valence-electron chi connectivity index (χ3n) is 2.80. The van der Waals surface area contributed by atoms with Crippen LogP contribution in [0, 0.1) is 5.92 Å². The van der Waals surface area contributed by atoms with Crippen LogP contribution in [0.1, 0.15) is 12.5 Å². The third-order valence-corrected chi connectivity index (χ3v) is 2.80. The Balaban J connectivity index is 1.60. The van der Waals surface area contributed by atoms with Crippen LogP contribution in [0.3, 0.4) is 0 Å². The zero-order chi connectivity index (χ0) is 13.5. The van der Waals surface area contributed by atoms with Crippen molar-refractivity contribution in [3.8, 4) is 0 Å². The minimum absolute atomic E-state index is 0.141. The lowest BCUT2D eigenvalue weighted by Gasteiger charge is -2.01. The van der Waals surface area contributed by atoms with Crippen molar-refractivity contribution < 1.29 is 14.3 Å². The summed E-state index contributed by atoms with van der Waals surface area (Å²) in [5, 5.41) is 0. The molecule has 0 amide bonds. The summed E-state index contributed by atoms with van der Waals surface area (Å²) in [4.78, 5) is 11.3. The minimum atomic E-state index is -0.166. The van der Waals surface area contributed by atoms with Crippen LogP contribution in [0.5, 0.6) is 0 Å². The van der Waals surface area contributed by atoms with E-state index in [4.69, 9.17) is 9.47 Å². The van der Waals surface area contributed by atoms with Gasteiger partial charge in [-0.05, 0) is 18.1 Å². The molecule has 3 heteroatoms. The van der Waals surface area contributed by atoms with Crippen molar-refractivity contribution in [2.24, 2.45) is 5.92 Å². The maximum atomic E-state index is 11.3. The van der Waals surface area contributed by atoms with E-state index in [0.29, 0.717) is 19.8 Å². The van der Waals surface area contributed by atoms with Gasteiger partial charge in [0.2, 0.25) is 0 Å². The second-order valence-electron chi connectivity index (χ2n) is 4.30. The maximum absolute atomic E-state index is 11.3. The van der Waals surface area contributed by atoms with Gasteiger partial charge in [-0.2, -0.15) is 0 Å². The van der Waals surface area contributed by atoms with E-state index in [1.165, 1.54) is 0 Å². The van der Waals surface area contributed by atoms with Crippen LogP contribution in [0.4, 0.5) is 0 Å². The van der Waals surface area contributed by atoms with Crippen molar-refractivity contribution in [1.82, 2.24) is 0 Å². The van der Waals surface area contributed by atoms with Crippen LogP contribution in [-0.2, 0) is 14.3 Å². The molecular formula is C16H18O3. The largest absolute Gasteiger partial charge is 0.465 e. The van der Waals surface area contributed by atoms with Gasteiger partial charge in [0.05, 0.1) is 25.7 Å². The van der Waals surface area contributed by atoms with Gasteiger partial charge >= 0.3 is 5.97 Å². The van der Waals surface area contributed by atoms with Gasteiger partial charge in [-0.1, -0.05) is 48.6 Å². The van der Waals surface area contributed by atoms with Crippen molar-refractivity contribution in [3.63, 3.8) is 0 Å². The van der Waals surface area contributed by atoms with Crippen LogP contribution >= 0.6 is 0 Å². The second kappa shape index (κ2) is 6.90.